The first-order valence-corrected chi connectivity index (χ1v) is 6.68. The Kier molecular flexibility index (Phi) is 4.21. The molecule has 0 radical (unpaired) electrons. The van der Waals surface area contributed by atoms with Crippen LogP contribution in [0.15, 0.2) is 36.7 Å². The third-order valence-electron chi connectivity index (χ3n) is 2.98. The summed E-state index contributed by atoms with van der Waals surface area (Å²) in [5.74, 6) is 0.387. The molecule has 1 amide bonds. The number of benzene rings is 1. The minimum atomic E-state index is -0.295. The lowest BCUT2D eigenvalue weighted by Gasteiger charge is -2.16. The van der Waals surface area contributed by atoms with Crippen LogP contribution in [-0.4, -0.2) is 23.0 Å². The Morgan fingerprint density at radius 3 is 2.52 bits per heavy atom. The molecule has 5 nitrogen and oxygen atoms in total. The zero-order chi connectivity index (χ0) is 15.5. The van der Waals surface area contributed by atoms with Gasteiger partial charge in [-0.3, -0.25) is 9.78 Å². The molecule has 110 valence electrons. The number of nitrogens with one attached hydrogen (secondary N) is 1. The molecular weight excluding hydrogens is 266 g/mol. The molecule has 0 saturated carbocycles. The second-order valence-electron chi connectivity index (χ2n) is 5.72. The predicted molar refractivity (Wildman–Crippen MR) is 81.7 cm³/mol. The van der Waals surface area contributed by atoms with Crippen LogP contribution in [0.1, 0.15) is 37.0 Å². The van der Waals surface area contributed by atoms with Crippen LogP contribution in [0.25, 0.3) is 0 Å². The third-order valence-corrected chi connectivity index (χ3v) is 2.98. The van der Waals surface area contributed by atoms with Crippen molar-refractivity contribution in [1.82, 2.24) is 9.97 Å². The van der Waals surface area contributed by atoms with Crippen molar-refractivity contribution >= 4 is 11.6 Å². The highest BCUT2D eigenvalue weighted by Crippen LogP contribution is 2.19. The summed E-state index contributed by atoms with van der Waals surface area (Å²) < 4.78 is 5.12. The van der Waals surface area contributed by atoms with Crippen molar-refractivity contribution in [3.8, 4) is 5.75 Å². The molecule has 0 spiro atoms. The summed E-state index contributed by atoms with van der Waals surface area (Å²) in [6, 6.07) is 7.16. The number of rotatable bonds is 3. The highest BCUT2D eigenvalue weighted by Gasteiger charge is 2.17. The highest BCUT2D eigenvalue weighted by atomic mass is 16.5. The highest BCUT2D eigenvalue weighted by molar-refractivity contribution is 6.02. The number of methoxy groups -OCH3 is 1. The molecule has 1 N–H and O–H groups in total. The monoisotopic (exact) mass is 285 g/mol. The maximum atomic E-state index is 12.1. The van der Waals surface area contributed by atoms with E-state index in [1.54, 1.807) is 25.4 Å². The van der Waals surface area contributed by atoms with E-state index in [0.29, 0.717) is 11.4 Å². The van der Waals surface area contributed by atoms with Gasteiger partial charge in [0.25, 0.3) is 5.91 Å². The van der Waals surface area contributed by atoms with Crippen molar-refractivity contribution in [3.05, 3.63) is 48.0 Å². The molecule has 1 aromatic heterocycles. The van der Waals surface area contributed by atoms with Gasteiger partial charge in [0, 0.05) is 23.4 Å². The van der Waals surface area contributed by atoms with Gasteiger partial charge in [-0.2, -0.15) is 0 Å². The smallest absolute Gasteiger partial charge is 0.275 e. The van der Waals surface area contributed by atoms with Gasteiger partial charge in [-0.05, 0) is 12.1 Å². The Balaban J connectivity index is 2.13. The Morgan fingerprint density at radius 1 is 1.19 bits per heavy atom. The molecule has 0 fully saturated rings. The number of anilines is 1. The lowest BCUT2D eigenvalue weighted by atomic mass is 9.93. The molecule has 0 atom stereocenters. The van der Waals surface area contributed by atoms with Crippen molar-refractivity contribution in [2.75, 3.05) is 12.4 Å². The van der Waals surface area contributed by atoms with Gasteiger partial charge in [0.05, 0.1) is 19.0 Å². The Hall–Kier alpha value is -2.43. The van der Waals surface area contributed by atoms with Gasteiger partial charge in [0.2, 0.25) is 0 Å². The molecule has 0 bridgehead atoms. The third kappa shape index (κ3) is 3.78. The molecule has 2 aromatic rings. The Morgan fingerprint density at radius 2 is 1.95 bits per heavy atom. The molecule has 0 unspecified atom stereocenters. The van der Waals surface area contributed by atoms with Crippen LogP contribution in [0.5, 0.6) is 5.75 Å². The summed E-state index contributed by atoms with van der Waals surface area (Å²) in [6.07, 6.45) is 3.14. The minimum absolute atomic E-state index is 0.0885. The van der Waals surface area contributed by atoms with Gasteiger partial charge < -0.3 is 10.1 Å². The number of hydrogen-bond donors (Lipinski definition) is 1. The average Bonchev–Trinajstić information content (AvgIpc) is 2.46. The summed E-state index contributed by atoms with van der Waals surface area (Å²) in [7, 11) is 1.58. The van der Waals surface area contributed by atoms with Gasteiger partial charge in [-0.25, -0.2) is 4.98 Å². The fourth-order valence-electron chi connectivity index (χ4n) is 1.73. The summed E-state index contributed by atoms with van der Waals surface area (Å²) in [5.41, 5.74) is 1.70. The molecule has 21 heavy (non-hydrogen) atoms. The second kappa shape index (κ2) is 5.91. The topological polar surface area (TPSA) is 64.1 Å². The first-order chi connectivity index (χ1) is 9.90. The fourth-order valence-corrected chi connectivity index (χ4v) is 1.73. The summed E-state index contributed by atoms with van der Waals surface area (Å²) >= 11 is 0. The number of hydrogen-bond acceptors (Lipinski definition) is 4. The van der Waals surface area contributed by atoms with Crippen LogP contribution >= 0.6 is 0 Å². The molecular formula is C16H19N3O2. The zero-order valence-electron chi connectivity index (χ0n) is 12.7. The molecule has 1 aromatic carbocycles. The van der Waals surface area contributed by atoms with Crippen molar-refractivity contribution in [2.45, 2.75) is 26.2 Å². The average molecular weight is 285 g/mol. The maximum absolute atomic E-state index is 12.1. The van der Waals surface area contributed by atoms with Crippen molar-refractivity contribution < 1.29 is 9.53 Å². The van der Waals surface area contributed by atoms with Crippen LogP contribution in [-0.2, 0) is 5.41 Å². The van der Waals surface area contributed by atoms with Gasteiger partial charge >= 0.3 is 0 Å². The largest absolute Gasteiger partial charge is 0.497 e. The van der Waals surface area contributed by atoms with Crippen LogP contribution in [0, 0.1) is 0 Å². The van der Waals surface area contributed by atoms with Crippen LogP contribution < -0.4 is 10.1 Å². The number of carbonyl (C=O) groups excluding carboxylic acids is 1. The summed E-state index contributed by atoms with van der Waals surface area (Å²) in [6.45, 7) is 6.15. The van der Waals surface area contributed by atoms with Gasteiger partial charge in [0.15, 0.2) is 0 Å². The molecule has 0 aliphatic rings. The van der Waals surface area contributed by atoms with Crippen molar-refractivity contribution in [1.29, 1.82) is 0 Å². The Bertz CT molecular complexity index is 631. The van der Waals surface area contributed by atoms with Crippen molar-refractivity contribution in [2.24, 2.45) is 0 Å². The van der Waals surface area contributed by atoms with Crippen LogP contribution in [0.3, 0.4) is 0 Å². The number of ether oxygens (including phenoxy) is 1. The zero-order valence-corrected chi connectivity index (χ0v) is 12.7. The van der Waals surface area contributed by atoms with Gasteiger partial charge in [0.1, 0.15) is 11.4 Å². The van der Waals surface area contributed by atoms with E-state index in [4.69, 9.17) is 4.74 Å². The van der Waals surface area contributed by atoms with Gasteiger partial charge in [-0.1, -0.05) is 26.8 Å². The molecule has 0 aliphatic heterocycles. The number of nitrogens with zero attached hydrogens (tertiary/aromatic N) is 2. The Labute approximate surface area is 124 Å². The second-order valence-corrected chi connectivity index (χ2v) is 5.72. The van der Waals surface area contributed by atoms with Crippen LogP contribution in [0.4, 0.5) is 5.69 Å². The van der Waals surface area contributed by atoms with E-state index in [-0.39, 0.29) is 17.0 Å². The molecule has 0 saturated heterocycles. The standard InChI is InChI=1S/C16H19N3O2/c1-16(2,3)14-10-17-13(9-18-14)15(20)19-11-6-5-7-12(8-11)21-4/h5-10H,1-4H3,(H,19,20). The minimum Gasteiger partial charge on any atom is -0.497 e. The van der Waals surface area contributed by atoms with E-state index >= 15 is 0 Å². The number of carbonyl (C=O) groups is 1. The van der Waals surface area contributed by atoms with Crippen LogP contribution in [0.2, 0.25) is 0 Å². The number of amides is 1. The first-order valence-electron chi connectivity index (χ1n) is 6.68. The fraction of sp³-hybridized carbons (Fsp3) is 0.312. The van der Waals surface area contributed by atoms with E-state index < -0.39 is 0 Å². The van der Waals surface area contributed by atoms with E-state index in [0.717, 1.165) is 5.69 Å². The summed E-state index contributed by atoms with van der Waals surface area (Å²) in [5, 5.41) is 2.77. The number of aromatic nitrogens is 2. The molecule has 2 rings (SSSR count). The maximum Gasteiger partial charge on any atom is 0.275 e. The van der Waals surface area contributed by atoms with E-state index in [9.17, 15) is 4.79 Å². The predicted octanol–water partition coefficient (Wildman–Crippen LogP) is 3.04. The first kappa shape index (κ1) is 15.0. The molecule has 5 heteroatoms. The lowest BCUT2D eigenvalue weighted by Crippen LogP contribution is -2.18. The van der Waals surface area contributed by atoms with Gasteiger partial charge in [-0.15, -0.1) is 0 Å². The quantitative estimate of drug-likeness (QED) is 0.941. The molecule has 1 heterocycles. The van der Waals surface area contributed by atoms with Crippen molar-refractivity contribution in [3.63, 3.8) is 0 Å². The van der Waals surface area contributed by atoms with E-state index in [1.165, 1.54) is 6.20 Å². The molecule has 0 aliphatic carbocycles. The normalized spacial score (nSPS) is 11.0. The summed E-state index contributed by atoms with van der Waals surface area (Å²) in [4.78, 5) is 20.6. The van der Waals surface area contributed by atoms with E-state index in [2.05, 4.69) is 15.3 Å². The SMILES string of the molecule is COc1cccc(NC(=O)c2cnc(C(C)(C)C)cn2)c1. The van der Waals surface area contributed by atoms with E-state index in [1.807, 2.05) is 32.9 Å². The lowest BCUT2D eigenvalue weighted by molar-refractivity contribution is 0.102.